The van der Waals surface area contributed by atoms with Crippen molar-refractivity contribution in [2.75, 3.05) is 22.1 Å². The number of sulfone groups is 1. The van der Waals surface area contributed by atoms with Crippen molar-refractivity contribution in [1.29, 1.82) is 0 Å². The van der Waals surface area contributed by atoms with Crippen molar-refractivity contribution in [2.45, 2.75) is 25.8 Å². The first kappa shape index (κ1) is 16.3. The van der Waals surface area contributed by atoms with Gasteiger partial charge < -0.3 is 16.0 Å². The molecule has 3 amide bonds. The second-order valence-corrected chi connectivity index (χ2v) is 7.41. The Kier molecular flexibility index (Phi) is 5.02. The Morgan fingerprint density at radius 2 is 1.73 bits per heavy atom. The van der Waals surface area contributed by atoms with Crippen molar-refractivity contribution < 1.29 is 18.0 Å². The molecular formula is C14H19N3O4S. The predicted octanol–water partition coefficient (Wildman–Crippen LogP) is 1.34. The van der Waals surface area contributed by atoms with Gasteiger partial charge in [-0.1, -0.05) is 6.92 Å². The standard InChI is InChI=1S/C14H19N3O4S/c1-2-13(18)15-10-3-5-11(6-4-10)16-14(19)17-12-7-8-22(20,21)9-12/h3-6,12H,2,7-9H2,1H3,(H,15,18)(H2,16,17,19). The van der Waals surface area contributed by atoms with Crippen LogP contribution in [0.5, 0.6) is 0 Å². The lowest BCUT2D eigenvalue weighted by Gasteiger charge is -2.12. The van der Waals surface area contributed by atoms with Crippen LogP contribution >= 0.6 is 0 Å². The Hall–Kier alpha value is -2.09. The van der Waals surface area contributed by atoms with Gasteiger partial charge in [0, 0.05) is 23.8 Å². The lowest BCUT2D eigenvalue weighted by atomic mass is 10.2. The van der Waals surface area contributed by atoms with E-state index in [1.54, 1.807) is 31.2 Å². The number of amides is 3. The van der Waals surface area contributed by atoms with Crippen LogP contribution < -0.4 is 16.0 Å². The summed E-state index contributed by atoms with van der Waals surface area (Å²) in [4.78, 5) is 23.1. The van der Waals surface area contributed by atoms with Gasteiger partial charge in [0.1, 0.15) is 0 Å². The third kappa shape index (κ3) is 4.73. The van der Waals surface area contributed by atoms with Gasteiger partial charge in [-0.25, -0.2) is 13.2 Å². The molecule has 1 atom stereocenters. The number of benzene rings is 1. The summed E-state index contributed by atoms with van der Waals surface area (Å²) in [7, 11) is -3.02. The van der Waals surface area contributed by atoms with E-state index >= 15 is 0 Å². The maximum Gasteiger partial charge on any atom is 0.319 e. The van der Waals surface area contributed by atoms with E-state index in [0.717, 1.165) is 0 Å². The summed E-state index contributed by atoms with van der Waals surface area (Å²) >= 11 is 0. The van der Waals surface area contributed by atoms with E-state index in [2.05, 4.69) is 16.0 Å². The van der Waals surface area contributed by atoms with Crippen LogP contribution in [0.4, 0.5) is 16.2 Å². The summed E-state index contributed by atoms with van der Waals surface area (Å²) in [6, 6.07) is 5.92. The van der Waals surface area contributed by atoms with Crippen molar-refractivity contribution >= 4 is 33.2 Å². The Labute approximate surface area is 129 Å². The van der Waals surface area contributed by atoms with Crippen LogP contribution in [0, 0.1) is 0 Å². The minimum absolute atomic E-state index is 0.0115. The molecule has 1 aliphatic rings. The normalized spacial score (nSPS) is 19.4. The van der Waals surface area contributed by atoms with Gasteiger partial charge in [0.05, 0.1) is 11.5 Å². The van der Waals surface area contributed by atoms with Crippen LogP contribution in [0.25, 0.3) is 0 Å². The number of carbonyl (C=O) groups excluding carboxylic acids is 2. The van der Waals surface area contributed by atoms with Crippen LogP contribution in [-0.2, 0) is 14.6 Å². The van der Waals surface area contributed by atoms with E-state index in [9.17, 15) is 18.0 Å². The molecule has 1 heterocycles. The van der Waals surface area contributed by atoms with Crippen LogP contribution in [-0.4, -0.2) is 37.9 Å². The average molecular weight is 325 g/mol. The molecule has 0 radical (unpaired) electrons. The largest absolute Gasteiger partial charge is 0.334 e. The lowest BCUT2D eigenvalue weighted by Crippen LogP contribution is -2.38. The second kappa shape index (κ2) is 6.78. The topological polar surface area (TPSA) is 104 Å². The van der Waals surface area contributed by atoms with Crippen molar-refractivity contribution in [3.63, 3.8) is 0 Å². The highest BCUT2D eigenvalue weighted by molar-refractivity contribution is 7.91. The molecule has 1 unspecified atom stereocenters. The molecular weight excluding hydrogens is 306 g/mol. The Balaban J connectivity index is 1.85. The van der Waals surface area contributed by atoms with Crippen LogP contribution in [0.3, 0.4) is 0 Å². The molecule has 1 aromatic rings. The zero-order valence-electron chi connectivity index (χ0n) is 12.3. The SMILES string of the molecule is CCC(=O)Nc1ccc(NC(=O)NC2CCS(=O)(=O)C2)cc1. The van der Waals surface area contributed by atoms with Crippen molar-refractivity contribution in [3.8, 4) is 0 Å². The molecule has 8 heteroatoms. The minimum atomic E-state index is -3.02. The first-order valence-corrected chi connectivity index (χ1v) is 8.88. The van der Waals surface area contributed by atoms with Crippen molar-refractivity contribution in [1.82, 2.24) is 5.32 Å². The molecule has 22 heavy (non-hydrogen) atoms. The smallest absolute Gasteiger partial charge is 0.319 e. The zero-order chi connectivity index (χ0) is 16.2. The molecule has 1 saturated heterocycles. The number of hydrogen-bond donors (Lipinski definition) is 3. The van der Waals surface area contributed by atoms with E-state index in [1.807, 2.05) is 0 Å². The number of urea groups is 1. The maximum atomic E-state index is 11.8. The molecule has 1 aromatic carbocycles. The molecule has 1 aliphatic heterocycles. The fourth-order valence-electron chi connectivity index (χ4n) is 2.15. The first-order valence-electron chi connectivity index (χ1n) is 7.06. The third-order valence-corrected chi connectivity index (χ3v) is 5.08. The lowest BCUT2D eigenvalue weighted by molar-refractivity contribution is -0.115. The highest BCUT2D eigenvalue weighted by Crippen LogP contribution is 2.15. The van der Waals surface area contributed by atoms with Crippen molar-refractivity contribution in [2.24, 2.45) is 0 Å². The van der Waals surface area contributed by atoms with Gasteiger partial charge >= 0.3 is 6.03 Å². The third-order valence-electron chi connectivity index (χ3n) is 3.32. The zero-order valence-corrected chi connectivity index (χ0v) is 13.1. The van der Waals surface area contributed by atoms with Gasteiger partial charge in [0.25, 0.3) is 0 Å². The summed E-state index contributed by atoms with van der Waals surface area (Å²) in [6.45, 7) is 1.76. The Morgan fingerprint density at radius 3 is 2.23 bits per heavy atom. The molecule has 3 N–H and O–H groups in total. The van der Waals surface area contributed by atoms with E-state index in [0.29, 0.717) is 24.2 Å². The molecule has 7 nitrogen and oxygen atoms in total. The van der Waals surface area contributed by atoms with Gasteiger partial charge in [0.15, 0.2) is 9.84 Å². The van der Waals surface area contributed by atoms with Gasteiger partial charge in [-0.2, -0.15) is 0 Å². The number of nitrogens with one attached hydrogen (secondary N) is 3. The van der Waals surface area contributed by atoms with Crippen LogP contribution in [0.1, 0.15) is 19.8 Å². The molecule has 0 spiro atoms. The highest BCUT2D eigenvalue weighted by atomic mass is 32.2. The summed E-state index contributed by atoms with van der Waals surface area (Å²) in [5.41, 5.74) is 1.22. The van der Waals surface area contributed by atoms with E-state index in [-0.39, 0.29) is 23.5 Å². The molecule has 1 fully saturated rings. The van der Waals surface area contributed by atoms with Gasteiger partial charge in [0.2, 0.25) is 5.91 Å². The van der Waals surface area contributed by atoms with Crippen LogP contribution in [0.2, 0.25) is 0 Å². The number of anilines is 2. The summed E-state index contributed by atoms with van der Waals surface area (Å²) in [5.74, 6) is 0.0208. The maximum absolute atomic E-state index is 11.8. The molecule has 0 aliphatic carbocycles. The quantitative estimate of drug-likeness (QED) is 0.777. The Morgan fingerprint density at radius 1 is 1.14 bits per heavy atom. The fourth-order valence-corrected chi connectivity index (χ4v) is 3.82. The fraction of sp³-hybridized carbons (Fsp3) is 0.429. The number of carbonyl (C=O) groups is 2. The second-order valence-electron chi connectivity index (χ2n) is 5.18. The minimum Gasteiger partial charge on any atom is -0.334 e. The van der Waals surface area contributed by atoms with E-state index in [1.165, 1.54) is 0 Å². The molecule has 0 bridgehead atoms. The van der Waals surface area contributed by atoms with Gasteiger partial charge in [-0.15, -0.1) is 0 Å². The number of hydrogen-bond acceptors (Lipinski definition) is 4. The number of rotatable bonds is 4. The Bertz CT molecular complexity index is 655. The summed E-state index contributed by atoms with van der Waals surface area (Å²) in [5, 5.41) is 7.98. The van der Waals surface area contributed by atoms with Gasteiger partial charge in [-0.05, 0) is 30.7 Å². The molecule has 0 aromatic heterocycles. The van der Waals surface area contributed by atoms with Crippen molar-refractivity contribution in [3.05, 3.63) is 24.3 Å². The monoisotopic (exact) mass is 325 g/mol. The van der Waals surface area contributed by atoms with Gasteiger partial charge in [-0.3, -0.25) is 4.79 Å². The van der Waals surface area contributed by atoms with E-state index < -0.39 is 15.9 Å². The highest BCUT2D eigenvalue weighted by Gasteiger charge is 2.28. The molecule has 120 valence electrons. The van der Waals surface area contributed by atoms with E-state index in [4.69, 9.17) is 0 Å². The summed E-state index contributed by atoms with van der Waals surface area (Å²) < 4.78 is 22.6. The molecule has 2 rings (SSSR count). The van der Waals surface area contributed by atoms with Crippen LogP contribution in [0.15, 0.2) is 24.3 Å². The predicted molar refractivity (Wildman–Crippen MR) is 84.6 cm³/mol. The summed E-state index contributed by atoms with van der Waals surface area (Å²) in [6.07, 6.45) is 0.838. The first-order chi connectivity index (χ1) is 10.4. The molecule has 0 saturated carbocycles. The average Bonchev–Trinajstić information content (AvgIpc) is 2.79.